The summed E-state index contributed by atoms with van der Waals surface area (Å²) in [6, 6.07) is 7.88. The Bertz CT molecular complexity index is 400. The van der Waals surface area contributed by atoms with Crippen molar-refractivity contribution >= 4 is 23.0 Å². The van der Waals surface area contributed by atoms with Gasteiger partial charge in [0.1, 0.15) is 4.75 Å². The molecule has 0 saturated carbocycles. The maximum absolute atomic E-state index is 12.1. The van der Waals surface area contributed by atoms with Crippen LogP contribution in [0.4, 0.5) is 0 Å². The van der Waals surface area contributed by atoms with Crippen LogP contribution in [0, 0.1) is 0 Å². The fourth-order valence-electron chi connectivity index (χ4n) is 1.61. The van der Waals surface area contributed by atoms with Crippen LogP contribution in [0.1, 0.15) is 32.8 Å². The molecule has 0 fully saturated rings. The largest absolute Gasteiger partial charge is 0.598 e. The molecule has 0 aliphatic heterocycles. The Hall–Kier alpha value is -0.480. The van der Waals surface area contributed by atoms with Gasteiger partial charge in [0.15, 0.2) is 0 Å². The van der Waals surface area contributed by atoms with Crippen LogP contribution in [0.2, 0.25) is 5.02 Å². The lowest BCUT2D eigenvalue weighted by atomic mass is 10.0. The molecule has 2 nitrogen and oxygen atoms in total. The average Bonchev–Trinajstić information content (AvgIpc) is 2.31. The van der Waals surface area contributed by atoms with Gasteiger partial charge in [0.25, 0.3) is 0 Å². The normalized spacial score (nSPS) is 15.0. The van der Waals surface area contributed by atoms with Gasteiger partial charge in [0, 0.05) is 16.4 Å². The molecule has 0 bridgehead atoms. The third-order valence-corrected chi connectivity index (χ3v) is 4.59. The molecular weight excluding hydrogens is 278 g/mol. The molecule has 0 heterocycles. The van der Waals surface area contributed by atoms with E-state index in [0.717, 1.165) is 17.9 Å². The summed E-state index contributed by atoms with van der Waals surface area (Å²) in [5.74, 6) is 0. The van der Waals surface area contributed by atoms with Gasteiger partial charge in [0.05, 0.1) is 6.04 Å². The van der Waals surface area contributed by atoms with Crippen molar-refractivity contribution in [1.82, 2.24) is 4.72 Å². The highest BCUT2D eigenvalue weighted by Crippen LogP contribution is 2.17. The minimum atomic E-state index is -1.07. The quantitative estimate of drug-likeness (QED) is 0.639. The number of rotatable bonds is 6. The van der Waals surface area contributed by atoms with Gasteiger partial charge in [-0.15, -0.1) is 11.3 Å². The monoisotopic (exact) mass is 299 g/mol. The summed E-state index contributed by atoms with van der Waals surface area (Å²) >= 11 is 4.80. The Kier molecular flexibility index (Phi) is 6.40. The molecule has 1 aromatic carbocycles. The number of halogens is 1. The molecule has 4 heteroatoms. The molecule has 1 aromatic rings. The third-order valence-electron chi connectivity index (χ3n) is 2.68. The van der Waals surface area contributed by atoms with Crippen molar-refractivity contribution in [2.45, 2.75) is 44.4 Å². The van der Waals surface area contributed by atoms with Crippen LogP contribution in [-0.4, -0.2) is 15.3 Å². The molecule has 106 valence electrons. The number of hydrogen-bond acceptors (Lipinski definition) is 2. The van der Waals surface area contributed by atoms with E-state index in [0.29, 0.717) is 0 Å². The first kappa shape index (κ1) is 16.6. The predicted octanol–water partition coefficient (Wildman–Crippen LogP) is 3.88. The van der Waals surface area contributed by atoms with E-state index in [1.165, 1.54) is 5.56 Å². The van der Waals surface area contributed by atoms with Gasteiger partial charge in [-0.05, 0) is 51.3 Å². The smallest absolute Gasteiger partial charge is 0.136 e. The van der Waals surface area contributed by atoms with E-state index < -0.39 is 11.4 Å². The van der Waals surface area contributed by atoms with E-state index in [-0.39, 0.29) is 10.8 Å². The van der Waals surface area contributed by atoms with Gasteiger partial charge < -0.3 is 4.55 Å². The number of nitrogens with one attached hydrogen (secondary N) is 1. The average molecular weight is 300 g/mol. The Balaban J connectivity index is 2.67. The van der Waals surface area contributed by atoms with Crippen LogP contribution < -0.4 is 4.72 Å². The van der Waals surface area contributed by atoms with Crippen molar-refractivity contribution in [3.05, 3.63) is 47.5 Å². The zero-order valence-electron chi connectivity index (χ0n) is 11.8. The fraction of sp³-hybridized carbons (Fsp3) is 0.467. The molecule has 1 N–H and O–H groups in total. The number of hydrogen-bond donors (Lipinski definition) is 1. The number of benzene rings is 1. The first-order valence-corrected chi connectivity index (χ1v) is 7.89. The summed E-state index contributed by atoms with van der Waals surface area (Å²) in [6.07, 6.45) is 3.45. The molecule has 1 rings (SSSR count). The van der Waals surface area contributed by atoms with Crippen LogP contribution in [0.3, 0.4) is 0 Å². The summed E-state index contributed by atoms with van der Waals surface area (Å²) in [5.41, 5.74) is 1.18. The molecule has 0 aliphatic rings. The van der Waals surface area contributed by atoms with Crippen LogP contribution in [0.25, 0.3) is 0 Å². The molecule has 0 spiro atoms. The first-order valence-electron chi connectivity index (χ1n) is 6.36. The van der Waals surface area contributed by atoms with Crippen molar-refractivity contribution in [2.24, 2.45) is 0 Å². The van der Waals surface area contributed by atoms with Crippen molar-refractivity contribution in [2.75, 3.05) is 0 Å². The highest BCUT2D eigenvalue weighted by Gasteiger charge is 2.28. The molecule has 0 saturated heterocycles. The van der Waals surface area contributed by atoms with Gasteiger partial charge in [-0.2, -0.15) is 0 Å². The molecule has 0 aromatic heterocycles. The fourth-order valence-corrected chi connectivity index (χ4v) is 2.57. The van der Waals surface area contributed by atoms with Gasteiger partial charge in [0.2, 0.25) is 0 Å². The van der Waals surface area contributed by atoms with Crippen molar-refractivity contribution in [3.8, 4) is 0 Å². The zero-order valence-corrected chi connectivity index (χ0v) is 13.4. The second kappa shape index (κ2) is 7.34. The van der Waals surface area contributed by atoms with Crippen LogP contribution in [0.5, 0.6) is 0 Å². The van der Waals surface area contributed by atoms with E-state index in [9.17, 15) is 4.55 Å². The standard InChI is InChI=1S/C15H22ClNOS/c1-5-6-14(17-19(18)15(2,3)4)11-12-7-9-13(16)10-8-12/h5,7-10,14,17H,1,6,11H2,2-4H3/t14?,19-/m0/s1. The van der Waals surface area contributed by atoms with Crippen molar-refractivity contribution in [1.29, 1.82) is 0 Å². The molecule has 2 atom stereocenters. The molecular formula is C15H22ClNOS. The van der Waals surface area contributed by atoms with E-state index in [1.807, 2.05) is 51.1 Å². The third kappa shape index (κ3) is 6.00. The summed E-state index contributed by atoms with van der Waals surface area (Å²) < 4.78 is 15.1. The summed E-state index contributed by atoms with van der Waals surface area (Å²) in [6.45, 7) is 9.65. The second-order valence-electron chi connectivity index (χ2n) is 5.55. The van der Waals surface area contributed by atoms with Gasteiger partial charge in [-0.25, -0.2) is 0 Å². The topological polar surface area (TPSA) is 35.1 Å². The lowest BCUT2D eigenvalue weighted by Gasteiger charge is -2.27. The predicted molar refractivity (Wildman–Crippen MR) is 84.8 cm³/mol. The Morgan fingerprint density at radius 3 is 2.42 bits per heavy atom. The molecule has 0 amide bonds. The summed E-state index contributed by atoms with van der Waals surface area (Å²) in [5, 5.41) is 0.732. The first-order chi connectivity index (χ1) is 8.82. The van der Waals surface area contributed by atoms with E-state index in [2.05, 4.69) is 11.3 Å². The minimum absolute atomic E-state index is 0.124. The highest BCUT2D eigenvalue weighted by atomic mass is 35.5. The molecule has 19 heavy (non-hydrogen) atoms. The van der Waals surface area contributed by atoms with Crippen LogP contribution >= 0.6 is 11.6 Å². The van der Waals surface area contributed by atoms with E-state index in [1.54, 1.807) is 0 Å². The Labute approximate surface area is 124 Å². The van der Waals surface area contributed by atoms with Crippen LogP contribution in [-0.2, 0) is 17.8 Å². The van der Waals surface area contributed by atoms with Gasteiger partial charge in [-0.3, -0.25) is 0 Å². The minimum Gasteiger partial charge on any atom is -0.598 e. The van der Waals surface area contributed by atoms with Crippen LogP contribution in [0.15, 0.2) is 36.9 Å². The Morgan fingerprint density at radius 2 is 1.95 bits per heavy atom. The lowest BCUT2D eigenvalue weighted by molar-refractivity contribution is 0.517. The molecule has 0 radical (unpaired) electrons. The molecule has 0 aliphatic carbocycles. The summed E-state index contributed by atoms with van der Waals surface area (Å²) in [4.78, 5) is 0. The highest BCUT2D eigenvalue weighted by molar-refractivity contribution is 7.90. The molecule has 1 unspecified atom stereocenters. The lowest BCUT2D eigenvalue weighted by Crippen LogP contribution is -2.45. The van der Waals surface area contributed by atoms with Gasteiger partial charge in [-0.1, -0.05) is 29.8 Å². The maximum Gasteiger partial charge on any atom is 0.136 e. The second-order valence-corrected chi connectivity index (χ2v) is 7.99. The summed E-state index contributed by atoms with van der Waals surface area (Å²) in [7, 11) is 0. The zero-order chi connectivity index (χ0) is 14.5. The van der Waals surface area contributed by atoms with E-state index in [4.69, 9.17) is 11.6 Å². The van der Waals surface area contributed by atoms with Gasteiger partial charge >= 0.3 is 0 Å². The Morgan fingerprint density at radius 1 is 1.37 bits per heavy atom. The van der Waals surface area contributed by atoms with E-state index >= 15 is 0 Å². The van der Waals surface area contributed by atoms with Crippen molar-refractivity contribution < 1.29 is 4.55 Å². The maximum atomic E-state index is 12.1. The van der Waals surface area contributed by atoms with Crippen molar-refractivity contribution in [3.63, 3.8) is 0 Å². The SMILES string of the molecule is C=CCC(Cc1ccc(Cl)cc1)N[S@@+]([O-])C(C)(C)C.